The van der Waals surface area contributed by atoms with Gasteiger partial charge in [-0.2, -0.15) is 0 Å². The molecule has 9 heteroatoms. The number of nitrogens with zero attached hydrogens (tertiary/aromatic N) is 2. The van der Waals surface area contributed by atoms with Crippen molar-refractivity contribution in [3.63, 3.8) is 0 Å². The summed E-state index contributed by atoms with van der Waals surface area (Å²) in [5.74, 6) is -1.49. The molecule has 0 aromatic heterocycles. The summed E-state index contributed by atoms with van der Waals surface area (Å²) in [6.45, 7) is 5.65. The predicted molar refractivity (Wildman–Crippen MR) is 112 cm³/mol. The quantitative estimate of drug-likeness (QED) is 0.408. The monoisotopic (exact) mass is 423 g/mol. The lowest BCUT2D eigenvalue weighted by molar-refractivity contribution is -0.384. The molecule has 2 rings (SSSR count). The van der Waals surface area contributed by atoms with Crippen LogP contribution < -0.4 is 5.32 Å². The molecule has 0 saturated heterocycles. The van der Waals surface area contributed by atoms with Gasteiger partial charge in [-0.1, -0.05) is 12.1 Å². The van der Waals surface area contributed by atoms with Crippen molar-refractivity contribution in [2.24, 2.45) is 0 Å². The molecular formula is C20H26ClN3O5. The number of benzene rings is 1. The summed E-state index contributed by atoms with van der Waals surface area (Å²) >= 11 is 0. The van der Waals surface area contributed by atoms with Crippen LogP contribution in [0, 0.1) is 10.1 Å². The van der Waals surface area contributed by atoms with Crippen LogP contribution in [0.3, 0.4) is 0 Å². The normalized spacial score (nSPS) is 16.3. The number of halogens is 1. The zero-order valence-corrected chi connectivity index (χ0v) is 18.0. The molecule has 0 aliphatic carbocycles. The second-order valence-corrected chi connectivity index (χ2v) is 6.98. The summed E-state index contributed by atoms with van der Waals surface area (Å²) in [7, 11) is 3.73. The Morgan fingerprint density at radius 2 is 1.83 bits per heavy atom. The lowest BCUT2D eigenvalue weighted by atomic mass is 9.79. The SMILES string of the molecule is CC(=O)C1=C(C)NC(C)=C(C(=O)OCCN(C)C)C1c1cccc([N+](=O)[O-])c1.Cl. The van der Waals surface area contributed by atoms with Gasteiger partial charge in [0.2, 0.25) is 0 Å². The van der Waals surface area contributed by atoms with Gasteiger partial charge >= 0.3 is 5.97 Å². The van der Waals surface area contributed by atoms with Crippen LogP contribution in [0.25, 0.3) is 0 Å². The fourth-order valence-electron chi connectivity index (χ4n) is 3.28. The van der Waals surface area contributed by atoms with E-state index >= 15 is 0 Å². The number of esters is 1. The maximum absolute atomic E-state index is 12.9. The van der Waals surface area contributed by atoms with Gasteiger partial charge in [-0.3, -0.25) is 14.9 Å². The van der Waals surface area contributed by atoms with E-state index in [0.717, 1.165) is 0 Å². The number of non-ortho nitro benzene ring substituents is 1. The van der Waals surface area contributed by atoms with Crippen LogP contribution in [0.4, 0.5) is 5.69 Å². The van der Waals surface area contributed by atoms with Crippen molar-refractivity contribution < 1.29 is 19.2 Å². The molecule has 1 unspecified atom stereocenters. The molecule has 0 amide bonds. The molecule has 0 spiro atoms. The van der Waals surface area contributed by atoms with Gasteiger partial charge in [0, 0.05) is 41.6 Å². The Morgan fingerprint density at radius 3 is 2.38 bits per heavy atom. The standard InChI is InChI=1S/C20H25N3O5.ClH/c1-12-17(14(3)24)19(15-7-6-8-16(11-15)23(26)27)18(13(2)21-12)20(25)28-10-9-22(4)5;/h6-8,11,19,21H,9-10H2,1-5H3;1H. The number of likely N-dealkylation sites (N-methyl/N-ethyl adjacent to an activating group) is 1. The number of allylic oxidation sites excluding steroid dienone is 3. The molecule has 1 atom stereocenters. The van der Waals surface area contributed by atoms with Gasteiger partial charge in [0.25, 0.3) is 5.69 Å². The molecule has 0 fully saturated rings. The molecule has 158 valence electrons. The average molecular weight is 424 g/mol. The van der Waals surface area contributed by atoms with E-state index in [2.05, 4.69) is 5.32 Å². The van der Waals surface area contributed by atoms with Crippen LogP contribution in [0.15, 0.2) is 46.8 Å². The lowest BCUT2D eigenvalue weighted by Gasteiger charge is -2.30. The third-order valence-electron chi connectivity index (χ3n) is 4.55. The highest BCUT2D eigenvalue weighted by atomic mass is 35.5. The largest absolute Gasteiger partial charge is 0.461 e. The van der Waals surface area contributed by atoms with Crippen LogP contribution in [0.2, 0.25) is 0 Å². The minimum atomic E-state index is -0.731. The average Bonchev–Trinajstić information content (AvgIpc) is 2.60. The first-order valence-corrected chi connectivity index (χ1v) is 8.89. The second-order valence-electron chi connectivity index (χ2n) is 6.98. The number of Topliss-reactive ketones (excluding diaryl/α,β-unsaturated/α-hetero) is 1. The number of nitro benzene ring substituents is 1. The van der Waals surface area contributed by atoms with Crippen LogP contribution >= 0.6 is 12.4 Å². The second kappa shape index (κ2) is 10.2. The van der Waals surface area contributed by atoms with Crippen LogP contribution in [-0.4, -0.2) is 48.8 Å². The number of ether oxygens (including phenoxy) is 1. The van der Waals surface area contributed by atoms with Gasteiger partial charge in [0.15, 0.2) is 5.78 Å². The summed E-state index contributed by atoms with van der Waals surface area (Å²) in [4.78, 5) is 37.8. The number of nitro groups is 1. The Labute approximate surface area is 176 Å². The van der Waals surface area contributed by atoms with Gasteiger partial charge in [-0.15, -0.1) is 12.4 Å². The Morgan fingerprint density at radius 1 is 1.21 bits per heavy atom. The van der Waals surface area contributed by atoms with Crippen LogP contribution in [-0.2, 0) is 14.3 Å². The van der Waals surface area contributed by atoms with Crippen molar-refractivity contribution in [2.75, 3.05) is 27.2 Å². The summed E-state index contributed by atoms with van der Waals surface area (Å²) < 4.78 is 5.41. The maximum Gasteiger partial charge on any atom is 0.336 e. The lowest BCUT2D eigenvalue weighted by Crippen LogP contribution is -2.32. The molecule has 1 N–H and O–H groups in total. The van der Waals surface area contributed by atoms with E-state index in [9.17, 15) is 19.7 Å². The van der Waals surface area contributed by atoms with Crippen molar-refractivity contribution in [3.8, 4) is 0 Å². The first-order chi connectivity index (χ1) is 13.1. The molecular weight excluding hydrogens is 398 g/mol. The molecule has 0 radical (unpaired) electrons. The number of carbonyl (C=O) groups excluding carboxylic acids is 2. The topological polar surface area (TPSA) is 102 Å². The van der Waals surface area contributed by atoms with Gasteiger partial charge in [0.05, 0.1) is 10.5 Å². The maximum atomic E-state index is 12.9. The van der Waals surface area contributed by atoms with E-state index in [1.54, 1.807) is 26.0 Å². The summed E-state index contributed by atoms with van der Waals surface area (Å²) in [5, 5.41) is 14.3. The third-order valence-corrected chi connectivity index (χ3v) is 4.55. The van der Waals surface area contributed by atoms with Gasteiger partial charge in [-0.25, -0.2) is 4.79 Å². The Bertz CT molecular complexity index is 877. The van der Waals surface area contributed by atoms with Crippen molar-refractivity contribution >= 4 is 29.8 Å². The molecule has 1 aromatic rings. The Balaban J connectivity index is 0.00000420. The summed E-state index contributed by atoms with van der Waals surface area (Å²) in [6, 6.07) is 6.00. The van der Waals surface area contributed by atoms with E-state index < -0.39 is 16.8 Å². The Kier molecular flexibility index (Phi) is 8.54. The molecule has 1 aromatic carbocycles. The van der Waals surface area contributed by atoms with Gasteiger partial charge < -0.3 is 15.0 Å². The van der Waals surface area contributed by atoms with Gasteiger partial charge in [-0.05, 0) is 40.4 Å². The molecule has 8 nitrogen and oxygen atoms in total. The fraction of sp³-hybridized carbons (Fsp3) is 0.400. The number of carbonyl (C=O) groups is 2. The van der Waals surface area contributed by atoms with E-state index in [-0.39, 0.29) is 36.1 Å². The smallest absolute Gasteiger partial charge is 0.336 e. The number of dihydropyridines is 1. The zero-order valence-electron chi connectivity index (χ0n) is 17.1. The number of rotatable bonds is 7. The fourth-order valence-corrected chi connectivity index (χ4v) is 3.28. The number of ketones is 1. The minimum Gasteiger partial charge on any atom is -0.461 e. The Hall–Kier alpha value is -2.71. The van der Waals surface area contributed by atoms with Crippen molar-refractivity contribution in [1.29, 1.82) is 0 Å². The van der Waals surface area contributed by atoms with Crippen molar-refractivity contribution in [1.82, 2.24) is 10.2 Å². The van der Waals surface area contributed by atoms with E-state index in [0.29, 0.717) is 29.1 Å². The molecule has 1 aliphatic heterocycles. The molecule has 29 heavy (non-hydrogen) atoms. The van der Waals surface area contributed by atoms with Gasteiger partial charge in [0.1, 0.15) is 6.61 Å². The van der Waals surface area contributed by atoms with Crippen molar-refractivity contribution in [3.05, 3.63) is 62.5 Å². The van der Waals surface area contributed by atoms with Crippen LogP contribution in [0.5, 0.6) is 0 Å². The van der Waals surface area contributed by atoms with E-state index in [1.165, 1.54) is 19.1 Å². The third kappa shape index (κ3) is 5.65. The molecule has 1 aliphatic rings. The number of hydrogen-bond donors (Lipinski definition) is 1. The van der Waals surface area contributed by atoms with Crippen molar-refractivity contribution in [2.45, 2.75) is 26.7 Å². The highest BCUT2D eigenvalue weighted by molar-refractivity contribution is 6.02. The first-order valence-electron chi connectivity index (χ1n) is 8.89. The number of nitrogens with one attached hydrogen (secondary N) is 1. The first kappa shape index (κ1) is 24.3. The molecule has 1 heterocycles. The molecule has 0 bridgehead atoms. The minimum absolute atomic E-state index is 0. The highest BCUT2D eigenvalue weighted by Crippen LogP contribution is 2.39. The zero-order chi connectivity index (χ0) is 21.0. The molecule has 0 saturated carbocycles. The van der Waals surface area contributed by atoms with E-state index in [1.807, 2.05) is 19.0 Å². The summed E-state index contributed by atoms with van der Waals surface area (Å²) in [6.07, 6.45) is 0. The predicted octanol–water partition coefficient (Wildman–Crippen LogP) is 2.95. The van der Waals surface area contributed by atoms with Crippen LogP contribution in [0.1, 0.15) is 32.3 Å². The highest BCUT2D eigenvalue weighted by Gasteiger charge is 2.36. The number of hydrogen-bond acceptors (Lipinski definition) is 7. The summed E-state index contributed by atoms with van der Waals surface area (Å²) in [5.41, 5.74) is 2.26. The van der Waals surface area contributed by atoms with E-state index in [4.69, 9.17) is 4.74 Å².